The van der Waals surface area contributed by atoms with Gasteiger partial charge in [-0.05, 0) is 49.2 Å². The zero-order valence-corrected chi connectivity index (χ0v) is 12.5. The minimum atomic E-state index is 0.869. The second-order valence-electron chi connectivity index (χ2n) is 5.69. The Hall–Kier alpha value is -1.87. The Labute approximate surface area is 127 Å². The van der Waals surface area contributed by atoms with Gasteiger partial charge >= 0.3 is 0 Å². The molecule has 0 spiro atoms. The van der Waals surface area contributed by atoms with E-state index in [-0.39, 0.29) is 0 Å². The molecule has 0 aliphatic carbocycles. The Bertz CT molecular complexity index is 547. The van der Waals surface area contributed by atoms with Crippen LogP contribution in [0.5, 0.6) is 0 Å². The van der Waals surface area contributed by atoms with Gasteiger partial charge in [-0.15, -0.1) is 0 Å². The van der Waals surface area contributed by atoms with Crippen molar-refractivity contribution < 1.29 is 0 Å². The van der Waals surface area contributed by atoms with Crippen molar-refractivity contribution in [2.75, 3.05) is 18.4 Å². The van der Waals surface area contributed by atoms with Gasteiger partial charge < -0.3 is 5.32 Å². The number of rotatable bonds is 5. The number of benzene rings is 1. The van der Waals surface area contributed by atoms with Crippen molar-refractivity contribution in [2.24, 2.45) is 0 Å². The first-order valence-electron chi connectivity index (χ1n) is 7.85. The van der Waals surface area contributed by atoms with E-state index < -0.39 is 0 Å². The fraction of sp³-hybridized carbons (Fsp3) is 0.389. The third-order valence-electron chi connectivity index (χ3n) is 4.12. The summed E-state index contributed by atoms with van der Waals surface area (Å²) in [7, 11) is 0. The number of hydrogen-bond acceptors (Lipinski definition) is 3. The van der Waals surface area contributed by atoms with E-state index in [4.69, 9.17) is 0 Å². The van der Waals surface area contributed by atoms with Crippen LogP contribution in [0.4, 0.5) is 5.69 Å². The first-order valence-corrected chi connectivity index (χ1v) is 7.85. The van der Waals surface area contributed by atoms with E-state index in [1.54, 1.807) is 0 Å². The first-order chi connectivity index (χ1) is 10.4. The van der Waals surface area contributed by atoms with Gasteiger partial charge in [0.1, 0.15) is 0 Å². The fourth-order valence-corrected chi connectivity index (χ4v) is 2.91. The molecule has 0 bridgehead atoms. The highest BCUT2D eigenvalue weighted by Gasteiger charge is 2.12. The SMILES string of the molecule is c1ccc(CN2CCCCC2)c(CNc2ccncc2)c1. The molecule has 0 radical (unpaired) electrons. The normalized spacial score (nSPS) is 15.8. The van der Waals surface area contributed by atoms with Crippen molar-refractivity contribution in [3.05, 3.63) is 59.9 Å². The Kier molecular flexibility index (Phi) is 4.85. The maximum Gasteiger partial charge on any atom is 0.0404 e. The van der Waals surface area contributed by atoms with Crippen molar-refractivity contribution >= 4 is 5.69 Å². The van der Waals surface area contributed by atoms with Gasteiger partial charge in [-0.2, -0.15) is 0 Å². The van der Waals surface area contributed by atoms with E-state index in [1.807, 2.05) is 24.5 Å². The monoisotopic (exact) mass is 281 g/mol. The molecule has 1 aromatic carbocycles. The van der Waals surface area contributed by atoms with Crippen molar-refractivity contribution in [1.29, 1.82) is 0 Å². The van der Waals surface area contributed by atoms with Crippen LogP contribution < -0.4 is 5.32 Å². The van der Waals surface area contributed by atoms with E-state index in [2.05, 4.69) is 39.5 Å². The largest absolute Gasteiger partial charge is 0.381 e. The van der Waals surface area contributed by atoms with Crippen LogP contribution >= 0.6 is 0 Å². The molecule has 1 N–H and O–H groups in total. The number of nitrogens with zero attached hydrogens (tertiary/aromatic N) is 2. The third kappa shape index (κ3) is 4.05. The van der Waals surface area contributed by atoms with Crippen LogP contribution in [0.3, 0.4) is 0 Å². The molecule has 2 heterocycles. The van der Waals surface area contributed by atoms with Gasteiger partial charge in [-0.25, -0.2) is 0 Å². The second kappa shape index (κ2) is 7.23. The minimum Gasteiger partial charge on any atom is -0.381 e. The van der Waals surface area contributed by atoms with Crippen LogP contribution in [0.1, 0.15) is 30.4 Å². The molecule has 2 aromatic rings. The highest BCUT2D eigenvalue weighted by molar-refractivity contribution is 5.42. The lowest BCUT2D eigenvalue weighted by molar-refractivity contribution is 0.220. The smallest absolute Gasteiger partial charge is 0.0404 e. The molecule has 3 heteroatoms. The summed E-state index contributed by atoms with van der Waals surface area (Å²) >= 11 is 0. The lowest BCUT2D eigenvalue weighted by Crippen LogP contribution is -2.29. The molecule has 3 nitrogen and oxygen atoms in total. The summed E-state index contributed by atoms with van der Waals surface area (Å²) < 4.78 is 0. The number of piperidine rings is 1. The first kappa shape index (κ1) is 14.1. The van der Waals surface area contributed by atoms with Crippen molar-refractivity contribution in [1.82, 2.24) is 9.88 Å². The Morgan fingerprint density at radius 3 is 2.38 bits per heavy atom. The van der Waals surface area contributed by atoms with E-state index in [9.17, 15) is 0 Å². The second-order valence-corrected chi connectivity index (χ2v) is 5.69. The maximum absolute atomic E-state index is 4.05. The van der Waals surface area contributed by atoms with Crippen molar-refractivity contribution in [3.8, 4) is 0 Å². The zero-order valence-electron chi connectivity index (χ0n) is 12.5. The summed E-state index contributed by atoms with van der Waals surface area (Å²) in [5.41, 5.74) is 3.96. The van der Waals surface area contributed by atoms with Crippen LogP contribution in [-0.2, 0) is 13.1 Å². The van der Waals surface area contributed by atoms with E-state index in [1.165, 1.54) is 43.5 Å². The third-order valence-corrected chi connectivity index (χ3v) is 4.12. The number of nitrogens with one attached hydrogen (secondary N) is 1. The fourth-order valence-electron chi connectivity index (χ4n) is 2.91. The quantitative estimate of drug-likeness (QED) is 0.906. The zero-order chi connectivity index (χ0) is 14.3. The van der Waals surface area contributed by atoms with Crippen LogP contribution in [0.25, 0.3) is 0 Å². The van der Waals surface area contributed by atoms with Crippen LogP contribution in [0, 0.1) is 0 Å². The summed E-state index contributed by atoms with van der Waals surface area (Å²) in [5, 5.41) is 3.48. The predicted octanol–water partition coefficient (Wildman–Crippen LogP) is 3.68. The number of pyridine rings is 1. The molecule has 21 heavy (non-hydrogen) atoms. The van der Waals surface area contributed by atoms with Crippen LogP contribution in [0.15, 0.2) is 48.8 Å². The Balaban J connectivity index is 1.64. The number of hydrogen-bond donors (Lipinski definition) is 1. The maximum atomic E-state index is 4.05. The lowest BCUT2D eigenvalue weighted by Gasteiger charge is -2.27. The number of likely N-dealkylation sites (tertiary alicyclic amines) is 1. The van der Waals surface area contributed by atoms with Gasteiger partial charge in [0, 0.05) is 31.2 Å². The van der Waals surface area contributed by atoms with E-state index >= 15 is 0 Å². The number of aromatic nitrogens is 1. The van der Waals surface area contributed by atoms with Gasteiger partial charge in [0.25, 0.3) is 0 Å². The van der Waals surface area contributed by atoms with Gasteiger partial charge in [0.05, 0.1) is 0 Å². The molecule has 3 rings (SSSR count). The summed E-state index contributed by atoms with van der Waals surface area (Å²) in [5.74, 6) is 0. The molecule has 1 fully saturated rings. The van der Waals surface area contributed by atoms with Crippen molar-refractivity contribution in [3.63, 3.8) is 0 Å². The average molecular weight is 281 g/mol. The molecule has 0 atom stereocenters. The van der Waals surface area contributed by atoms with Crippen LogP contribution in [0.2, 0.25) is 0 Å². The molecule has 1 aliphatic rings. The molecular formula is C18H23N3. The van der Waals surface area contributed by atoms with E-state index in [0.717, 1.165) is 18.8 Å². The van der Waals surface area contributed by atoms with Crippen molar-refractivity contribution in [2.45, 2.75) is 32.4 Å². The van der Waals surface area contributed by atoms with Gasteiger partial charge in [0.2, 0.25) is 0 Å². The summed E-state index contributed by atoms with van der Waals surface area (Å²) in [6, 6.07) is 12.8. The van der Waals surface area contributed by atoms with Crippen LogP contribution in [-0.4, -0.2) is 23.0 Å². The molecule has 0 unspecified atom stereocenters. The molecule has 0 saturated carbocycles. The molecule has 1 aliphatic heterocycles. The highest BCUT2D eigenvalue weighted by Crippen LogP contribution is 2.17. The summed E-state index contributed by atoms with van der Waals surface area (Å²) in [6.07, 6.45) is 7.72. The molecule has 110 valence electrons. The average Bonchev–Trinajstić information content (AvgIpc) is 2.56. The predicted molar refractivity (Wildman–Crippen MR) is 87.1 cm³/mol. The lowest BCUT2D eigenvalue weighted by atomic mass is 10.0. The Morgan fingerprint density at radius 1 is 0.905 bits per heavy atom. The summed E-state index contributed by atoms with van der Waals surface area (Å²) in [4.78, 5) is 6.63. The highest BCUT2D eigenvalue weighted by atomic mass is 15.1. The standard InChI is InChI=1S/C18H23N3/c1-4-12-21(13-5-1)15-17-7-3-2-6-16(17)14-20-18-8-10-19-11-9-18/h2-3,6-11H,1,4-5,12-15H2,(H,19,20). The minimum absolute atomic E-state index is 0.869. The molecule has 1 aromatic heterocycles. The molecule has 1 saturated heterocycles. The topological polar surface area (TPSA) is 28.2 Å². The van der Waals surface area contributed by atoms with Gasteiger partial charge in [-0.3, -0.25) is 9.88 Å². The Morgan fingerprint density at radius 2 is 1.62 bits per heavy atom. The molecular weight excluding hydrogens is 258 g/mol. The number of anilines is 1. The molecule has 0 amide bonds. The van der Waals surface area contributed by atoms with Gasteiger partial charge in [-0.1, -0.05) is 30.7 Å². The van der Waals surface area contributed by atoms with E-state index in [0.29, 0.717) is 0 Å². The summed E-state index contributed by atoms with van der Waals surface area (Å²) in [6.45, 7) is 4.43. The van der Waals surface area contributed by atoms with Gasteiger partial charge in [0.15, 0.2) is 0 Å².